The first-order valence-electron chi connectivity index (χ1n) is 7.24. The van der Waals surface area contributed by atoms with E-state index in [1.165, 1.54) is 6.42 Å². The van der Waals surface area contributed by atoms with E-state index in [1.54, 1.807) is 23.5 Å². The Labute approximate surface area is 122 Å². The summed E-state index contributed by atoms with van der Waals surface area (Å²) in [5.74, 6) is 0. The number of benzene rings is 1. The summed E-state index contributed by atoms with van der Waals surface area (Å²) < 4.78 is 26.9. The van der Waals surface area contributed by atoms with E-state index in [2.05, 4.69) is 0 Å². The number of hydrogen-bond donors (Lipinski definition) is 1. The fourth-order valence-electron chi connectivity index (χ4n) is 2.87. The molecule has 0 unspecified atom stereocenters. The second kappa shape index (κ2) is 6.24. The van der Waals surface area contributed by atoms with Crippen molar-refractivity contribution < 1.29 is 8.42 Å². The Morgan fingerprint density at radius 2 is 1.90 bits per heavy atom. The van der Waals surface area contributed by atoms with Gasteiger partial charge in [0.25, 0.3) is 0 Å². The molecule has 0 saturated heterocycles. The van der Waals surface area contributed by atoms with E-state index in [0.717, 1.165) is 36.8 Å². The van der Waals surface area contributed by atoms with Gasteiger partial charge < -0.3 is 5.73 Å². The van der Waals surface area contributed by atoms with Crippen molar-refractivity contribution in [2.75, 3.05) is 7.05 Å². The Bertz CT molecular complexity index is 563. The molecule has 0 spiro atoms. The van der Waals surface area contributed by atoms with E-state index in [0.29, 0.717) is 11.4 Å². The molecule has 1 saturated carbocycles. The summed E-state index contributed by atoms with van der Waals surface area (Å²) >= 11 is 0. The summed E-state index contributed by atoms with van der Waals surface area (Å²) in [6.45, 7) is 2.34. The van der Waals surface area contributed by atoms with Crippen LogP contribution in [0.3, 0.4) is 0 Å². The number of rotatable bonds is 4. The summed E-state index contributed by atoms with van der Waals surface area (Å²) in [5.41, 5.74) is 7.55. The molecule has 1 fully saturated rings. The van der Waals surface area contributed by atoms with Gasteiger partial charge in [-0.1, -0.05) is 25.3 Å². The highest BCUT2D eigenvalue weighted by molar-refractivity contribution is 7.89. The van der Waals surface area contributed by atoms with Gasteiger partial charge in [-0.2, -0.15) is 4.31 Å². The lowest BCUT2D eigenvalue weighted by atomic mass is 9.96. The minimum Gasteiger partial charge on any atom is -0.326 e. The second-order valence-corrected chi connectivity index (χ2v) is 7.60. The number of sulfonamides is 1. The van der Waals surface area contributed by atoms with Crippen LogP contribution in [0.5, 0.6) is 0 Å². The minimum atomic E-state index is -3.39. The van der Waals surface area contributed by atoms with Crippen molar-refractivity contribution in [3.8, 4) is 0 Å². The van der Waals surface area contributed by atoms with Gasteiger partial charge in [-0.15, -0.1) is 0 Å². The lowest BCUT2D eigenvalue weighted by Gasteiger charge is -2.30. The van der Waals surface area contributed by atoms with E-state index in [4.69, 9.17) is 5.73 Å². The molecule has 1 aliphatic carbocycles. The summed E-state index contributed by atoms with van der Waals surface area (Å²) in [6, 6.07) is 5.36. The van der Waals surface area contributed by atoms with Gasteiger partial charge in [0.2, 0.25) is 10.0 Å². The van der Waals surface area contributed by atoms with Crippen molar-refractivity contribution in [3.63, 3.8) is 0 Å². The fourth-order valence-corrected chi connectivity index (χ4v) is 4.37. The molecule has 0 atom stereocenters. The molecule has 0 amide bonds. The molecule has 1 aromatic rings. The van der Waals surface area contributed by atoms with E-state index in [1.807, 2.05) is 13.0 Å². The van der Waals surface area contributed by atoms with E-state index >= 15 is 0 Å². The highest BCUT2D eigenvalue weighted by Crippen LogP contribution is 2.27. The number of nitrogens with zero attached hydrogens (tertiary/aromatic N) is 1. The van der Waals surface area contributed by atoms with Crippen LogP contribution >= 0.6 is 0 Å². The van der Waals surface area contributed by atoms with Crippen molar-refractivity contribution >= 4 is 10.0 Å². The third kappa shape index (κ3) is 3.05. The summed E-state index contributed by atoms with van der Waals surface area (Å²) in [5, 5.41) is 0. The maximum atomic E-state index is 12.7. The summed E-state index contributed by atoms with van der Waals surface area (Å²) in [4.78, 5) is 0.375. The zero-order valence-electron chi connectivity index (χ0n) is 12.3. The average molecular weight is 296 g/mol. The molecular formula is C15H24N2O2S. The summed E-state index contributed by atoms with van der Waals surface area (Å²) in [6.07, 6.45) is 5.39. The van der Waals surface area contributed by atoms with Gasteiger partial charge >= 0.3 is 0 Å². The SMILES string of the molecule is Cc1cc(S(=O)(=O)N(C)C2CCCCC2)ccc1CN. The first-order chi connectivity index (χ1) is 9.46. The molecule has 0 heterocycles. The Kier molecular flexibility index (Phi) is 4.83. The molecule has 20 heavy (non-hydrogen) atoms. The van der Waals surface area contributed by atoms with Crippen molar-refractivity contribution in [1.82, 2.24) is 4.31 Å². The average Bonchev–Trinajstić information content (AvgIpc) is 2.47. The number of aryl methyl sites for hydroxylation is 1. The van der Waals surface area contributed by atoms with Gasteiger partial charge in [-0.3, -0.25) is 0 Å². The van der Waals surface area contributed by atoms with E-state index in [9.17, 15) is 8.42 Å². The van der Waals surface area contributed by atoms with Crippen LogP contribution in [0, 0.1) is 6.92 Å². The lowest BCUT2D eigenvalue weighted by molar-refractivity contribution is 0.286. The van der Waals surface area contributed by atoms with Crippen LogP contribution in [0.15, 0.2) is 23.1 Å². The Hall–Kier alpha value is -0.910. The maximum Gasteiger partial charge on any atom is 0.243 e. The third-order valence-corrected chi connectivity index (χ3v) is 6.21. The van der Waals surface area contributed by atoms with E-state index in [-0.39, 0.29) is 6.04 Å². The van der Waals surface area contributed by atoms with Crippen LogP contribution in [0.4, 0.5) is 0 Å². The van der Waals surface area contributed by atoms with Gasteiger partial charge in [0, 0.05) is 19.6 Å². The zero-order valence-corrected chi connectivity index (χ0v) is 13.1. The van der Waals surface area contributed by atoms with Crippen LogP contribution in [0.25, 0.3) is 0 Å². The molecule has 112 valence electrons. The molecule has 1 aliphatic rings. The monoisotopic (exact) mass is 296 g/mol. The van der Waals surface area contributed by atoms with Crippen molar-refractivity contribution in [3.05, 3.63) is 29.3 Å². The van der Waals surface area contributed by atoms with Gasteiger partial charge in [0.1, 0.15) is 0 Å². The van der Waals surface area contributed by atoms with Crippen LogP contribution in [0.2, 0.25) is 0 Å². The molecule has 0 radical (unpaired) electrons. The van der Waals surface area contributed by atoms with Crippen molar-refractivity contribution in [2.45, 2.75) is 56.5 Å². The lowest BCUT2D eigenvalue weighted by Crippen LogP contribution is -2.38. The number of hydrogen-bond acceptors (Lipinski definition) is 3. The van der Waals surface area contributed by atoms with Gasteiger partial charge in [0.15, 0.2) is 0 Å². The van der Waals surface area contributed by atoms with Crippen LogP contribution < -0.4 is 5.73 Å². The first-order valence-corrected chi connectivity index (χ1v) is 8.68. The second-order valence-electron chi connectivity index (χ2n) is 5.61. The van der Waals surface area contributed by atoms with Crippen LogP contribution in [0.1, 0.15) is 43.2 Å². The highest BCUT2D eigenvalue weighted by atomic mass is 32.2. The minimum absolute atomic E-state index is 0.142. The zero-order chi connectivity index (χ0) is 14.8. The molecular weight excluding hydrogens is 272 g/mol. The quantitative estimate of drug-likeness (QED) is 0.928. The molecule has 1 aromatic carbocycles. The molecule has 0 bridgehead atoms. The molecule has 0 aliphatic heterocycles. The smallest absolute Gasteiger partial charge is 0.243 e. The number of nitrogens with two attached hydrogens (primary N) is 1. The molecule has 0 aromatic heterocycles. The first kappa shape index (κ1) is 15.5. The third-order valence-electron chi connectivity index (χ3n) is 4.30. The largest absolute Gasteiger partial charge is 0.326 e. The van der Waals surface area contributed by atoms with Crippen molar-refractivity contribution in [1.29, 1.82) is 0 Å². The van der Waals surface area contributed by atoms with Gasteiger partial charge in [0.05, 0.1) is 4.90 Å². The highest BCUT2D eigenvalue weighted by Gasteiger charge is 2.29. The normalized spacial score (nSPS) is 17.6. The summed E-state index contributed by atoms with van der Waals surface area (Å²) in [7, 11) is -1.69. The fraction of sp³-hybridized carbons (Fsp3) is 0.600. The topological polar surface area (TPSA) is 63.4 Å². The molecule has 2 N–H and O–H groups in total. The van der Waals surface area contributed by atoms with Gasteiger partial charge in [-0.05, 0) is 43.0 Å². The van der Waals surface area contributed by atoms with Crippen molar-refractivity contribution in [2.24, 2.45) is 5.73 Å². The predicted octanol–water partition coefficient (Wildman–Crippen LogP) is 2.41. The Morgan fingerprint density at radius 1 is 1.25 bits per heavy atom. The predicted molar refractivity (Wildman–Crippen MR) is 80.9 cm³/mol. The molecule has 2 rings (SSSR count). The van der Waals surface area contributed by atoms with Crippen LogP contribution in [-0.4, -0.2) is 25.8 Å². The molecule has 5 heteroatoms. The van der Waals surface area contributed by atoms with Crippen LogP contribution in [-0.2, 0) is 16.6 Å². The standard InChI is InChI=1S/C15H24N2O2S/c1-12-10-15(9-8-13(12)11-16)20(18,19)17(2)14-6-4-3-5-7-14/h8-10,14H,3-7,11,16H2,1-2H3. The maximum absolute atomic E-state index is 12.7. The Morgan fingerprint density at radius 3 is 2.45 bits per heavy atom. The van der Waals surface area contributed by atoms with Gasteiger partial charge in [-0.25, -0.2) is 8.42 Å². The Balaban J connectivity index is 2.27. The van der Waals surface area contributed by atoms with E-state index < -0.39 is 10.0 Å². The molecule has 4 nitrogen and oxygen atoms in total.